The standard InChI is InChI=1S/C16H11ClO2/c1-19-16(18)14-10-7-12(8-11-14)6-9-13-4-2-3-5-15(13)17/h2-5,7-8,10-11H,1H3. The molecule has 0 bridgehead atoms. The van der Waals surface area contributed by atoms with Crippen molar-refractivity contribution in [3.8, 4) is 11.8 Å². The van der Waals surface area contributed by atoms with Gasteiger partial charge in [-0.3, -0.25) is 0 Å². The van der Waals surface area contributed by atoms with Crippen molar-refractivity contribution in [1.82, 2.24) is 0 Å². The highest BCUT2D eigenvalue weighted by Crippen LogP contribution is 2.13. The van der Waals surface area contributed by atoms with Crippen LogP contribution in [0, 0.1) is 11.8 Å². The zero-order valence-corrected chi connectivity index (χ0v) is 11.1. The third kappa shape index (κ3) is 3.37. The number of hydrogen-bond acceptors (Lipinski definition) is 2. The fraction of sp³-hybridized carbons (Fsp3) is 0.0625. The Morgan fingerprint density at radius 3 is 2.37 bits per heavy atom. The predicted molar refractivity (Wildman–Crippen MR) is 75.2 cm³/mol. The molecule has 0 aliphatic carbocycles. The van der Waals surface area contributed by atoms with Gasteiger partial charge in [0.2, 0.25) is 0 Å². The van der Waals surface area contributed by atoms with E-state index in [4.69, 9.17) is 11.6 Å². The Balaban J connectivity index is 2.22. The minimum absolute atomic E-state index is 0.356. The largest absolute Gasteiger partial charge is 0.465 e. The Morgan fingerprint density at radius 2 is 1.74 bits per heavy atom. The lowest BCUT2D eigenvalue weighted by atomic mass is 10.1. The summed E-state index contributed by atoms with van der Waals surface area (Å²) in [5, 5.41) is 0.626. The number of ether oxygens (including phenoxy) is 1. The molecule has 2 rings (SSSR count). The minimum Gasteiger partial charge on any atom is -0.465 e. The third-order valence-electron chi connectivity index (χ3n) is 2.52. The molecule has 0 aromatic heterocycles. The number of halogens is 1. The highest BCUT2D eigenvalue weighted by molar-refractivity contribution is 6.31. The van der Waals surface area contributed by atoms with Crippen molar-refractivity contribution in [2.24, 2.45) is 0 Å². The number of carbonyl (C=O) groups excluding carboxylic acids is 1. The van der Waals surface area contributed by atoms with E-state index in [9.17, 15) is 4.79 Å². The van der Waals surface area contributed by atoms with Crippen LogP contribution in [0.4, 0.5) is 0 Å². The molecule has 0 aliphatic heterocycles. The van der Waals surface area contributed by atoms with Gasteiger partial charge in [-0.2, -0.15) is 0 Å². The van der Waals surface area contributed by atoms with E-state index in [1.54, 1.807) is 30.3 Å². The number of methoxy groups -OCH3 is 1. The molecular formula is C16H11ClO2. The van der Waals surface area contributed by atoms with Gasteiger partial charge in [-0.25, -0.2) is 4.79 Å². The van der Waals surface area contributed by atoms with Crippen LogP contribution in [0.3, 0.4) is 0 Å². The fourth-order valence-corrected chi connectivity index (χ4v) is 1.69. The lowest BCUT2D eigenvalue weighted by molar-refractivity contribution is 0.0601. The molecule has 0 aliphatic rings. The topological polar surface area (TPSA) is 26.3 Å². The van der Waals surface area contributed by atoms with Gasteiger partial charge in [0.1, 0.15) is 0 Å². The first-order valence-electron chi connectivity index (χ1n) is 5.65. The van der Waals surface area contributed by atoms with Crippen LogP contribution in [0.5, 0.6) is 0 Å². The van der Waals surface area contributed by atoms with E-state index in [1.165, 1.54) is 7.11 Å². The van der Waals surface area contributed by atoms with Gasteiger partial charge in [-0.05, 0) is 36.4 Å². The van der Waals surface area contributed by atoms with E-state index in [2.05, 4.69) is 16.6 Å². The second-order valence-corrected chi connectivity index (χ2v) is 4.21. The first-order chi connectivity index (χ1) is 9.20. The number of esters is 1. The summed E-state index contributed by atoms with van der Waals surface area (Å²) in [5.41, 5.74) is 2.10. The molecule has 3 heteroatoms. The van der Waals surface area contributed by atoms with Crippen LogP contribution in [0.25, 0.3) is 0 Å². The average molecular weight is 271 g/mol. The van der Waals surface area contributed by atoms with Gasteiger partial charge in [-0.15, -0.1) is 0 Å². The van der Waals surface area contributed by atoms with E-state index in [1.807, 2.05) is 18.2 Å². The average Bonchev–Trinajstić information content (AvgIpc) is 2.46. The monoisotopic (exact) mass is 270 g/mol. The Bertz CT molecular complexity index is 648. The molecular weight excluding hydrogens is 260 g/mol. The Labute approximate surface area is 117 Å². The molecule has 0 heterocycles. The maximum Gasteiger partial charge on any atom is 0.337 e. The predicted octanol–water partition coefficient (Wildman–Crippen LogP) is 3.53. The number of hydrogen-bond donors (Lipinski definition) is 0. The van der Waals surface area contributed by atoms with Gasteiger partial charge < -0.3 is 4.74 Å². The summed E-state index contributed by atoms with van der Waals surface area (Å²) in [6.45, 7) is 0. The highest BCUT2D eigenvalue weighted by Gasteiger charge is 2.03. The Morgan fingerprint density at radius 1 is 1.05 bits per heavy atom. The van der Waals surface area contributed by atoms with Crippen LogP contribution in [0.2, 0.25) is 5.02 Å². The van der Waals surface area contributed by atoms with E-state index < -0.39 is 0 Å². The van der Waals surface area contributed by atoms with E-state index in [0.717, 1.165) is 11.1 Å². The molecule has 0 atom stereocenters. The van der Waals surface area contributed by atoms with Gasteiger partial charge in [-0.1, -0.05) is 35.6 Å². The maximum absolute atomic E-state index is 11.3. The molecule has 0 amide bonds. The second kappa shape index (κ2) is 6.08. The SMILES string of the molecule is COC(=O)c1ccc(C#Cc2ccccc2Cl)cc1. The molecule has 2 aromatic carbocycles. The molecule has 0 N–H and O–H groups in total. The minimum atomic E-state index is -0.356. The molecule has 2 nitrogen and oxygen atoms in total. The molecule has 0 saturated carbocycles. The first-order valence-corrected chi connectivity index (χ1v) is 6.03. The fourth-order valence-electron chi connectivity index (χ4n) is 1.51. The lowest BCUT2D eigenvalue weighted by Crippen LogP contribution is -2.00. The number of benzene rings is 2. The van der Waals surface area contributed by atoms with Crippen LogP contribution < -0.4 is 0 Å². The van der Waals surface area contributed by atoms with Crippen LogP contribution >= 0.6 is 11.6 Å². The van der Waals surface area contributed by atoms with Crippen molar-refractivity contribution in [2.75, 3.05) is 7.11 Å². The van der Waals surface area contributed by atoms with E-state index >= 15 is 0 Å². The van der Waals surface area contributed by atoms with Crippen molar-refractivity contribution in [1.29, 1.82) is 0 Å². The van der Waals surface area contributed by atoms with Gasteiger partial charge in [0.05, 0.1) is 17.7 Å². The van der Waals surface area contributed by atoms with Crippen LogP contribution in [0.1, 0.15) is 21.5 Å². The highest BCUT2D eigenvalue weighted by atomic mass is 35.5. The lowest BCUT2D eigenvalue weighted by Gasteiger charge is -1.98. The van der Waals surface area contributed by atoms with Crippen LogP contribution in [-0.4, -0.2) is 13.1 Å². The quantitative estimate of drug-likeness (QED) is 0.585. The molecule has 19 heavy (non-hydrogen) atoms. The zero-order valence-electron chi connectivity index (χ0n) is 10.3. The molecule has 0 radical (unpaired) electrons. The van der Waals surface area contributed by atoms with Gasteiger partial charge in [0.15, 0.2) is 0 Å². The van der Waals surface area contributed by atoms with Crippen molar-refractivity contribution in [3.05, 3.63) is 70.2 Å². The Kier molecular flexibility index (Phi) is 4.22. The summed E-state index contributed by atoms with van der Waals surface area (Å²) in [6, 6.07) is 14.3. The second-order valence-electron chi connectivity index (χ2n) is 3.80. The van der Waals surface area contributed by atoms with Gasteiger partial charge in [0, 0.05) is 11.1 Å². The molecule has 0 unspecified atom stereocenters. The molecule has 0 fully saturated rings. The van der Waals surface area contributed by atoms with E-state index in [-0.39, 0.29) is 5.97 Å². The van der Waals surface area contributed by atoms with Gasteiger partial charge in [0.25, 0.3) is 0 Å². The summed E-state index contributed by atoms with van der Waals surface area (Å²) in [7, 11) is 1.35. The summed E-state index contributed by atoms with van der Waals surface area (Å²) in [6.07, 6.45) is 0. The van der Waals surface area contributed by atoms with Crippen molar-refractivity contribution in [3.63, 3.8) is 0 Å². The van der Waals surface area contributed by atoms with Crippen LogP contribution in [0.15, 0.2) is 48.5 Å². The third-order valence-corrected chi connectivity index (χ3v) is 2.85. The Hall–Kier alpha value is -2.24. The maximum atomic E-state index is 11.3. The summed E-state index contributed by atoms with van der Waals surface area (Å²) >= 11 is 6.01. The first kappa shape index (κ1) is 13.2. The van der Waals surface area contributed by atoms with Crippen molar-refractivity contribution < 1.29 is 9.53 Å². The van der Waals surface area contributed by atoms with Crippen molar-refractivity contribution >= 4 is 17.6 Å². The summed E-state index contributed by atoms with van der Waals surface area (Å²) in [5.74, 6) is 5.64. The molecule has 2 aromatic rings. The van der Waals surface area contributed by atoms with Crippen LogP contribution in [-0.2, 0) is 4.74 Å². The normalized spacial score (nSPS) is 9.37. The van der Waals surface area contributed by atoms with Gasteiger partial charge >= 0.3 is 5.97 Å². The van der Waals surface area contributed by atoms with Crippen molar-refractivity contribution in [2.45, 2.75) is 0 Å². The number of rotatable bonds is 1. The summed E-state index contributed by atoms with van der Waals surface area (Å²) < 4.78 is 4.63. The number of carbonyl (C=O) groups is 1. The zero-order chi connectivity index (χ0) is 13.7. The smallest absolute Gasteiger partial charge is 0.337 e. The summed E-state index contributed by atoms with van der Waals surface area (Å²) in [4.78, 5) is 11.3. The molecule has 0 spiro atoms. The molecule has 0 saturated heterocycles. The molecule has 94 valence electrons. The van der Waals surface area contributed by atoms with E-state index in [0.29, 0.717) is 10.6 Å².